The van der Waals surface area contributed by atoms with Crippen LogP contribution in [0, 0.1) is 0 Å². The minimum absolute atomic E-state index is 0.0672. The highest BCUT2D eigenvalue weighted by Gasteiger charge is 2.36. The van der Waals surface area contributed by atoms with Crippen LogP contribution in [0.1, 0.15) is 34.1 Å². The van der Waals surface area contributed by atoms with E-state index in [-0.39, 0.29) is 12.6 Å². The van der Waals surface area contributed by atoms with E-state index in [0.29, 0.717) is 13.0 Å². The number of nitrogens with two attached hydrogens (primary N) is 1. The minimum Gasteiger partial charge on any atom is -0.389 e. The molecule has 1 heterocycles. The lowest BCUT2D eigenvalue weighted by Crippen LogP contribution is -2.43. The Bertz CT molecular complexity index is 264. The molecule has 1 unspecified atom stereocenters. The molecule has 1 aliphatic rings. The lowest BCUT2D eigenvalue weighted by atomic mass is 10.1. The van der Waals surface area contributed by atoms with Gasteiger partial charge in [0.2, 0.25) is 0 Å². The van der Waals surface area contributed by atoms with Crippen LogP contribution < -0.4 is 5.73 Å². The van der Waals surface area contributed by atoms with Crippen molar-refractivity contribution in [1.82, 2.24) is 0 Å². The Labute approximate surface area is 108 Å². The SMILES string of the molecule is CC(C)(O)OC(C[C@H]1COC(C)(C)O1)[C@@H](O)CN. The van der Waals surface area contributed by atoms with Gasteiger partial charge in [-0.15, -0.1) is 0 Å². The van der Waals surface area contributed by atoms with Gasteiger partial charge in [0.25, 0.3) is 0 Å². The largest absolute Gasteiger partial charge is 0.389 e. The van der Waals surface area contributed by atoms with Crippen molar-refractivity contribution < 1.29 is 24.4 Å². The molecule has 4 N–H and O–H groups in total. The summed E-state index contributed by atoms with van der Waals surface area (Å²) in [5.74, 6) is -1.94. The van der Waals surface area contributed by atoms with Gasteiger partial charge in [-0.1, -0.05) is 0 Å². The van der Waals surface area contributed by atoms with Gasteiger partial charge in [-0.05, 0) is 27.7 Å². The van der Waals surface area contributed by atoms with Gasteiger partial charge in [0, 0.05) is 13.0 Å². The van der Waals surface area contributed by atoms with Crippen LogP contribution in [0.25, 0.3) is 0 Å². The van der Waals surface area contributed by atoms with Crippen molar-refractivity contribution in [1.29, 1.82) is 0 Å². The van der Waals surface area contributed by atoms with Gasteiger partial charge in [-0.2, -0.15) is 0 Å². The standard InChI is InChI=1S/C12H25NO5/c1-11(2,15)18-10(9(14)6-13)5-8-7-16-12(3,4)17-8/h8-10,14-15H,5-7,13H2,1-4H3/t8-,9-,10?/m0/s1. The molecule has 0 amide bonds. The van der Waals surface area contributed by atoms with Crippen LogP contribution in [0.3, 0.4) is 0 Å². The summed E-state index contributed by atoms with van der Waals surface area (Å²) in [4.78, 5) is 0. The Balaban J connectivity index is 2.57. The highest BCUT2D eigenvalue weighted by Crippen LogP contribution is 2.27. The van der Waals surface area contributed by atoms with Gasteiger partial charge in [0.15, 0.2) is 11.6 Å². The van der Waals surface area contributed by atoms with E-state index in [1.807, 2.05) is 13.8 Å². The molecule has 0 aromatic carbocycles. The predicted octanol–water partition coefficient (Wildman–Crippen LogP) is -0.0388. The number of rotatable bonds is 6. The van der Waals surface area contributed by atoms with E-state index in [9.17, 15) is 10.2 Å². The highest BCUT2D eigenvalue weighted by atomic mass is 16.7. The topological polar surface area (TPSA) is 94.2 Å². The number of aliphatic hydroxyl groups is 2. The maximum absolute atomic E-state index is 9.81. The third-order valence-electron chi connectivity index (χ3n) is 2.67. The zero-order valence-electron chi connectivity index (χ0n) is 11.5. The van der Waals surface area contributed by atoms with Gasteiger partial charge in [0.1, 0.15) is 0 Å². The molecular weight excluding hydrogens is 238 g/mol. The summed E-state index contributed by atoms with van der Waals surface area (Å²) in [7, 11) is 0. The Morgan fingerprint density at radius 2 is 2.11 bits per heavy atom. The van der Waals surface area contributed by atoms with Crippen molar-refractivity contribution in [3.63, 3.8) is 0 Å². The van der Waals surface area contributed by atoms with Crippen LogP contribution in [0.5, 0.6) is 0 Å². The summed E-state index contributed by atoms with van der Waals surface area (Å²) in [5.41, 5.74) is 5.44. The fourth-order valence-corrected chi connectivity index (χ4v) is 1.94. The average molecular weight is 263 g/mol. The molecule has 1 fully saturated rings. The van der Waals surface area contributed by atoms with Gasteiger partial charge < -0.3 is 30.2 Å². The van der Waals surface area contributed by atoms with E-state index in [1.165, 1.54) is 13.8 Å². The zero-order chi connectivity index (χ0) is 14.0. The van der Waals surface area contributed by atoms with Gasteiger partial charge >= 0.3 is 0 Å². The molecule has 0 saturated carbocycles. The monoisotopic (exact) mass is 263 g/mol. The molecule has 1 rings (SSSR count). The van der Waals surface area contributed by atoms with Crippen LogP contribution in [0.4, 0.5) is 0 Å². The van der Waals surface area contributed by atoms with Crippen molar-refractivity contribution >= 4 is 0 Å². The Morgan fingerprint density at radius 3 is 2.50 bits per heavy atom. The Morgan fingerprint density at radius 1 is 1.50 bits per heavy atom. The lowest BCUT2D eigenvalue weighted by Gasteiger charge is -2.30. The fourth-order valence-electron chi connectivity index (χ4n) is 1.94. The van der Waals surface area contributed by atoms with E-state index < -0.39 is 23.8 Å². The van der Waals surface area contributed by atoms with Gasteiger partial charge in [-0.3, -0.25) is 0 Å². The molecule has 1 aliphatic heterocycles. The van der Waals surface area contributed by atoms with Crippen molar-refractivity contribution in [2.75, 3.05) is 13.2 Å². The van der Waals surface area contributed by atoms with Crippen LogP contribution in [-0.4, -0.2) is 53.3 Å². The average Bonchev–Trinajstić information content (AvgIpc) is 2.54. The fraction of sp³-hybridized carbons (Fsp3) is 1.00. The summed E-state index contributed by atoms with van der Waals surface area (Å²) in [6.45, 7) is 7.20. The second kappa shape index (κ2) is 5.81. The zero-order valence-corrected chi connectivity index (χ0v) is 11.5. The summed E-state index contributed by atoms with van der Waals surface area (Å²) < 4.78 is 16.5. The summed E-state index contributed by atoms with van der Waals surface area (Å²) in [6.07, 6.45) is -1.18. The van der Waals surface area contributed by atoms with E-state index in [4.69, 9.17) is 19.9 Å². The van der Waals surface area contributed by atoms with E-state index >= 15 is 0 Å². The maximum atomic E-state index is 9.81. The molecule has 0 aromatic heterocycles. The van der Waals surface area contributed by atoms with Crippen molar-refractivity contribution in [2.24, 2.45) is 5.73 Å². The van der Waals surface area contributed by atoms with E-state index in [1.54, 1.807) is 0 Å². The molecule has 108 valence electrons. The third-order valence-corrected chi connectivity index (χ3v) is 2.67. The maximum Gasteiger partial charge on any atom is 0.163 e. The van der Waals surface area contributed by atoms with Crippen LogP contribution in [0.2, 0.25) is 0 Å². The molecule has 18 heavy (non-hydrogen) atoms. The molecule has 1 saturated heterocycles. The highest BCUT2D eigenvalue weighted by molar-refractivity contribution is 4.80. The summed E-state index contributed by atoms with van der Waals surface area (Å²) in [6, 6.07) is 0. The molecule has 6 nitrogen and oxygen atoms in total. The van der Waals surface area contributed by atoms with Crippen LogP contribution in [-0.2, 0) is 14.2 Å². The third kappa shape index (κ3) is 5.17. The summed E-state index contributed by atoms with van der Waals surface area (Å²) >= 11 is 0. The van der Waals surface area contributed by atoms with Crippen molar-refractivity contribution in [3.8, 4) is 0 Å². The normalized spacial score (nSPS) is 27.2. The van der Waals surface area contributed by atoms with Gasteiger partial charge in [0.05, 0.1) is 24.9 Å². The van der Waals surface area contributed by atoms with E-state index in [0.717, 1.165) is 0 Å². The molecule has 0 aromatic rings. The first-order valence-corrected chi connectivity index (χ1v) is 6.23. The molecule has 0 spiro atoms. The molecular formula is C12H25NO5. The number of hydrogen-bond acceptors (Lipinski definition) is 6. The molecule has 6 heteroatoms. The number of hydrogen-bond donors (Lipinski definition) is 3. The number of aliphatic hydroxyl groups excluding tert-OH is 1. The summed E-state index contributed by atoms with van der Waals surface area (Å²) in [5, 5.41) is 19.5. The second-order valence-corrected chi connectivity index (χ2v) is 5.59. The molecule has 3 atom stereocenters. The molecule has 0 radical (unpaired) electrons. The first-order chi connectivity index (χ1) is 8.13. The minimum atomic E-state index is -1.32. The molecule has 0 bridgehead atoms. The van der Waals surface area contributed by atoms with Crippen molar-refractivity contribution in [3.05, 3.63) is 0 Å². The van der Waals surface area contributed by atoms with Crippen LogP contribution in [0.15, 0.2) is 0 Å². The smallest absolute Gasteiger partial charge is 0.163 e. The molecule has 0 aliphatic carbocycles. The van der Waals surface area contributed by atoms with Gasteiger partial charge in [-0.25, -0.2) is 0 Å². The lowest BCUT2D eigenvalue weighted by molar-refractivity contribution is -0.231. The van der Waals surface area contributed by atoms with E-state index in [2.05, 4.69) is 0 Å². The first kappa shape index (κ1) is 15.8. The quantitative estimate of drug-likeness (QED) is 0.582. The van der Waals surface area contributed by atoms with Crippen LogP contribution >= 0.6 is 0 Å². The Hall–Kier alpha value is -0.240. The first-order valence-electron chi connectivity index (χ1n) is 6.23. The Kier molecular flexibility index (Phi) is 5.11. The number of ether oxygens (including phenoxy) is 3. The van der Waals surface area contributed by atoms with Crippen molar-refractivity contribution in [2.45, 2.75) is 64.0 Å². The predicted molar refractivity (Wildman–Crippen MR) is 65.8 cm³/mol. The second-order valence-electron chi connectivity index (χ2n) is 5.59.